The van der Waals surface area contributed by atoms with E-state index < -0.39 is 0 Å². The Bertz CT molecular complexity index is 682. The van der Waals surface area contributed by atoms with Crippen molar-refractivity contribution in [3.8, 4) is 5.88 Å². The molecule has 2 aromatic rings. The number of aromatic nitrogens is 3. The van der Waals surface area contributed by atoms with Crippen LogP contribution in [0.5, 0.6) is 5.88 Å². The third kappa shape index (κ3) is 4.53. The monoisotopic (exact) mass is 317 g/mol. The average molecular weight is 317 g/mol. The second kappa shape index (κ2) is 7.39. The number of amides is 2. The highest BCUT2D eigenvalue weighted by molar-refractivity contribution is 5.92. The number of pyridine rings is 1. The Kier molecular flexibility index (Phi) is 5.29. The summed E-state index contributed by atoms with van der Waals surface area (Å²) in [5, 5.41) is 6.85. The van der Waals surface area contributed by atoms with Gasteiger partial charge in [0.15, 0.2) is 12.3 Å². The van der Waals surface area contributed by atoms with Crippen molar-refractivity contribution in [2.24, 2.45) is 7.05 Å². The third-order valence-electron chi connectivity index (χ3n) is 3.11. The van der Waals surface area contributed by atoms with Crippen molar-refractivity contribution < 1.29 is 14.3 Å². The fourth-order valence-electron chi connectivity index (χ4n) is 1.73. The summed E-state index contributed by atoms with van der Waals surface area (Å²) in [6, 6.07) is 5.14. The van der Waals surface area contributed by atoms with Crippen LogP contribution >= 0.6 is 0 Å². The fourth-order valence-corrected chi connectivity index (χ4v) is 1.73. The minimum atomic E-state index is -0.314. The zero-order valence-electron chi connectivity index (χ0n) is 13.3. The first kappa shape index (κ1) is 16.5. The van der Waals surface area contributed by atoms with Crippen molar-refractivity contribution in [3.05, 3.63) is 41.9 Å². The van der Waals surface area contributed by atoms with Gasteiger partial charge >= 0.3 is 0 Å². The van der Waals surface area contributed by atoms with E-state index >= 15 is 0 Å². The van der Waals surface area contributed by atoms with Gasteiger partial charge in [-0.1, -0.05) is 0 Å². The van der Waals surface area contributed by atoms with Gasteiger partial charge in [0.05, 0.1) is 0 Å². The Morgan fingerprint density at radius 3 is 2.65 bits per heavy atom. The van der Waals surface area contributed by atoms with Gasteiger partial charge in [0.2, 0.25) is 5.88 Å². The first-order valence-electron chi connectivity index (χ1n) is 7.01. The standard InChI is InChI=1S/C15H19N5O3/c1-19(2)13(21)10-23-14-8-12(18-20(14)3)15(22)17-9-11-4-6-16-7-5-11/h4-8H,9-10H2,1-3H3,(H,17,22). The van der Waals surface area contributed by atoms with Crippen LogP contribution in [-0.2, 0) is 18.4 Å². The Morgan fingerprint density at radius 1 is 1.30 bits per heavy atom. The number of carbonyl (C=O) groups excluding carboxylic acids is 2. The molecule has 0 spiro atoms. The van der Waals surface area contributed by atoms with E-state index in [1.165, 1.54) is 15.6 Å². The van der Waals surface area contributed by atoms with Crippen LogP contribution < -0.4 is 10.1 Å². The van der Waals surface area contributed by atoms with Gasteiger partial charge in [-0.25, -0.2) is 4.68 Å². The molecular weight excluding hydrogens is 298 g/mol. The molecule has 0 saturated heterocycles. The Labute approximate surface area is 134 Å². The quantitative estimate of drug-likeness (QED) is 0.823. The van der Waals surface area contributed by atoms with Crippen molar-refractivity contribution >= 4 is 11.8 Å². The summed E-state index contributed by atoms with van der Waals surface area (Å²) in [7, 11) is 4.94. The molecule has 0 saturated carbocycles. The van der Waals surface area contributed by atoms with E-state index in [-0.39, 0.29) is 24.1 Å². The number of hydrogen-bond donors (Lipinski definition) is 1. The fraction of sp³-hybridized carbons (Fsp3) is 0.333. The maximum Gasteiger partial charge on any atom is 0.272 e. The summed E-state index contributed by atoms with van der Waals surface area (Å²) < 4.78 is 6.80. The van der Waals surface area contributed by atoms with Crippen molar-refractivity contribution in [3.63, 3.8) is 0 Å². The van der Waals surface area contributed by atoms with Crippen LogP contribution in [0.25, 0.3) is 0 Å². The van der Waals surface area contributed by atoms with E-state index in [2.05, 4.69) is 15.4 Å². The summed E-state index contributed by atoms with van der Waals surface area (Å²) in [4.78, 5) is 29.0. The lowest BCUT2D eigenvalue weighted by Gasteiger charge is -2.10. The molecule has 2 amide bonds. The van der Waals surface area contributed by atoms with Crippen LogP contribution in [-0.4, -0.2) is 52.2 Å². The largest absolute Gasteiger partial charge is 0.468 e. The summed E-state index contributed by atoms with van der Waals surface area (Å²) in [6.45, 7) is 0.276. The summed E-state index contributed by atoms with van der Waals surface area (Å²) in [5.74, 6) is -0.129. The molecule has 0 radical (unpaired) electrons. The molecule has 122 valence electrons. The van der Waals surface area contributed by atoms with Crippen LogP contribution in [0.1, 0.15) is 16.1 Å². The molecule has 0 aliphatic rings. The predicted octanol–water partition coefficient (Wildman–Crippen LogP) is 0.212. The normalized spacial score (nSPS) is 10.2. The van der Waals surface area contributed by atoms with Gasteiger partial charge in [-0.05, 0) is 17.7 Å². The number of nitrogens with zero attached hydrogens (tertiary/aromatic N) is 4. The number of ether oxygens (including phenoxy) is 1. The van der Waals surface area contributed by atoms with E-state index in [9.17, 15) is 9.59 Å². The Morgan fingerprint density at radius 2 is 2.00 bits per heavy atom. The van der Waals surface area contributed by atoms with Crippen LogP contribution in [0.4, 0.5) is 0 Å². The lowest BCUT2D eigenvalue weighted by molar-refractivity contribution is -0.130. The first-order chi connectivity index (χ1) is 11.0. The molecule has 2 heterocycles. The van der Waals surface area contributed by atoms with Gasteiger partial charge in [-0.3, -0.25) is 14.6 Å². The molecule has 0 atom stereocenters. The average Bonchev–Trinajstić information content (AvgIpc) is 2.92. The third-order valence-corrected chi connectivity index (χ3v) is 3.11. The van der Waals surface area contributed by atoms with Gasteiger partial charge in [-0.15, -0.1) is 0 Å². The van der Waals surface area contributed by atoms with Gasteiger partial charge in [0.1, 0.15) is 0 Å². The topological polar surface area (TPSA) is 89.3 Å². The molecule has 8 nitrogen and oxygen atoms in total. The maximum absolute atomic E-state index is 12.1. The SMILES string of the molecule is CN(C)C(=O)COc1cc(C(=O)NCc2ccncc2)nn1C. The van der Waals surface area contributed by atoms with Crippen molar-refractivity contribution in [2.45, 2.75) is 6.54 Å². The number of likely N-dealkylation sites (N-methyl/N-ethyl adjacent to an activating group) is 1. The van der Waals surface area contributed by atoms with E-state index in [0.29, 0.717) is 12.4 Å². The zero-order chi connectivity index (χ0) is 16.8. The molecule has 0 aliphatic carbocycles. The second-order valence-corrected chi connectivity index (χ2v) is 5.11. The molecule has 23 heavy (non-hydrogen) atoms. The van der Waals surface area contributed by atoms with Gasteiger partial charge in [0.25, 0.3) is 11.8 Å². The highest BCUT2D eigenvalue weighted by Crippen LogP contribution is 2.12. The number of nitrogens with one attached hydrogen (secondary N) is 1. The van der Waals surface area contributed by atoms with E-state index in [0.717, 1.165) is 5.56 Å². The molecule has 2 aromatic heterocycles. The molecule has 0 unspecified atom stereocenters. The van der Waals surface area contributed by atoms with Crippen molar-refractivity contribution in [1.82, 2.24) is 25.0 Å². The maximum atomic E-state index is 12.1. The molecule has 0 bridgehead atoms. The smallest absolute Gasteiger partial charge is 0.272 e. The van der Waals surface area contributed by atoms with Crippen LogP contribution in [0.15, 0.2) is 30.6 Å². The van der Waals surface area contributed by atoms with Crippen LogP contribution in [0.3, 0.4) is 0 Å². The van der Waals surface area contributed by atoms with Crippen molar-refractivity contribution in [1.29, 1.82) is 0 Å². The predicted molar refractivity (Wildman–Crippen MR) is 82.8 cm³/mol. The van der Waals surface area contributed by atoms with Crippen LogP contribution in [0.2, 0.25) is 0 Å². The van der Waals surface area contributed by atoms with Gasteiger partial charge < -0.3 is 15.0 Å². The molecule has 0 aromatic carbocycles. The zero-order valence-corrected chi connectivity index (χ0v) is 13.3. The summed E-state index contributed by atoms with van der Waals surface area (Å²) in [5.41, 5.74) is 1.17. The summed E-state index contributed by atoms with van der Waals surface area (Å²) >= 11 is 0. The molecule has 2 rings (SSSR count). The van der Waals surface area contributed by atoms with Gasteiger partial charge in [0, 0.05) is 46.1 Å². The van der Waals surface area contributed by atoms with Gasteiger partial charge in [-0.2, -0.15) is 5.10 Å². The lowest BCUT2D eigenvalue weighted by Crippen LogP contribution is -2.27. The van der Waals surface area contributed by atoms with E-state index in [1.54, 1.807) is 33.5 Å². The first-order valence-corrected chi connectivity index (χ1v) is 7.01. The minimum Gasteiger partial charge on any atom is -0.468 e. The second-order valence-electron chi connectivity index (χ2n) is 5.11. The molecule has 1 N–H and O–H groups in total. The lowest BCUT2D eigenvalue weighted by atomic mass is 10.2. The summed E-state index contributed by atoms with van der Waals surface area (Å²) in [6.07, 6.45) is 3.33. The highest BCUT2D eigenvalue weighted by Gasteiger charge is 2.14. The van der Waals surface area contributed by atoms with E-state index in [4.69, 9.17) is 4.74 Å². The highest BCUT2D eigenvalue weighted by atomic mass is 16.5. The number of aryl methyl sites for hydroxylation is 1. The molecular formula is C15H19N5O3. The number of hydrogen-bond acceptors (Lipinski definition) is 5. The van der Waals surface area contributed by atoms with E-state index in [1.807, 2.05) is 12.1 Å². The Hall–Kier alpha value is -2.90. The molecule has 8 heteroatoms. The molecule has 0 aliphatic heterocycles. The molecule has 0 fully saturated rings. The van der Waals surface area contributed by atoms with Crippen LogP contribution in [0, 0.1) is 0 Å². The Balaban J connectivity index is 1.94. The van der Waals surface area contributed by atoms with Crippen molar-refractivity contribution in [2.75, 3.05) is 20.7 Å². The minimum absolute atomic E-state index is 0.107. The number of rotatable bonds is 6. The number of carbonyl (C=O) groups is 2.